The lowest BCUT2D eigenvalue weighted by atomic mass is 10.0. The SMILES string of the molecule is CCCCCCCCOc1ccc(-c2ccc(C(=O)Oc3ccc(C(=O)OC(C)CCCCCCCC)c(F)c3)cc2)cc1. The van der Waals surface area contributed by atoms with Gasteiger partial charge in [0.05, 0.1) is 23.8 Å². The lowest BCUT2D eigenvalue weighted by molar-refractivity contribution is 0.0314. The lowest BCUT2D eigenvalue weighted by Gasteiger charge is -2.14. The molecule has 0 spiro atoms. The zero-order valence-electron chi connectivity index (χ0n) is 26.7. The van der Waals surface area contributed by atoms with Crippen LogP contribution in [0.5, 0.6) is 11.5 Å². The standard InChI is InChI=1S/C38H49FO5/c1-4-6-8-10-12-14-16-29(3)43-38(41)35-26-25-34(28-36(35)39)44-37(40)32-19-17-30(18-20-32)31-21-23-33(24-22-31)42-27-15-13-11-9-7-5-2/h17-26,28-29H,4-16,27H2,1-3H3. The van der Waals surface area contributed by atoms with Crippen molar-refractivity contribution in [1.29, 1.82) is 0 Å². The van der Waals surface area contributed by atoms with Crippen LogP contribution in [0.3, 0.4) is 0 Å². The number of ether oxygens (including phenoxy) is 3. The second kappa shape index (κ2) is 19.6. The fraction of sp³-hybridized carbons (Fsp3) is 0.474. The van der Waals surface area contributed by atoms with E-state index in [2.05, 4.69) is 13.8 Å². The summed E-state index contributed by atoms with van der Waals surface area (Å²) in [6, 6.07) is 18.7. The van der Waals surface area contributed by atoms with E-state index < -0.39 is 17.8 Å². The molecule has 0 amide bonds. The minimum atomic E-state index is -0.790. The Morgan fingerprint density at radius 3 is 1.82 bits per heavy atom. The molecule has 0 bridgehead atoms. The Kier molecular flexibility index (Phi) is 15.5. The van der Waals surface area contributed by atoms with E-state index in [0.717, 1.165) is 55.2 Å². The molecule has 0 aliphatic heterocycles. The number of halogens is 1. The van der Waals surface area contributed by atoms with E-state index in [-0.39, 0.29) is 17.4 Å². The van der Waals surface area contributed by atoms with Gasteiger partial charge in [0.25, 0.3) is 0 Å². The third-order valence-corrected chi connectivity index (χ3v) is 7.72. The Morgan fingerprint density at radius 2 is 1.20 bits per heavy atom. The van der Waals surface area contributed by atoms with Crippen molar-refractivity contribution in [2.75, 3.05) is 6.61 Å². The molecule has 3 aromatic carbocycles. The van der Waals surface area contributed by atoms with Crippen molar-refractivity contribution >= 4 is 11.9 Å². The van der Waals surface area contributed by atoms with Crippen LogP contribution in [0.1, 0.15) is 125 Å². The molecule has 0 saturated carbocycles. The number of rotatable bonds is 20. The molecule has 0 aromatic heterocycles. The van der Waals surface area contributed by atoms with Crippen molar-refractivity contribution in [2.45, 2.75) is 110 Å². The summed E-state index contributed by atoms with van der Waals surface area (Å²) in [6.45, 7) is 6.95. The molecule has 1 unspecified atom stereocenters. The Hall–Kier alpha value is -3.67. The first-order valence-electron chi connectivity index (χ1n) is 16.5. The van der Waals surface area contributed by atoms with E-state index in [1.54, 1.807) is 12.1 Å². The van der Waals surface area contributed by atoms with Gasteiger partial charge in [-0.2, -0.15) is 0 Å². The van der Waals surface area contributed by atoms with E-state index in [1.807, 2.05) is 43.3 Å². The van der Waals surface area contributed by atoms with Gasteiger partial charge in [0, 0.05) is 6.07 Å². The minimum absolute atomic E-state index is 0.0183. The molecule has 0 fully saturated rings. The highest BCUT2D eigenvalue weighted by molar-refractivity contribution is 5.92. The van der Waals surface area contributed by atoms with Crippen LogP contribution in [-0.2, 0) is 4.74 Å². The fourth-order valence-corrected chi connectivity index (χ4v) is 5.02. The average Bonchev–Trinajstić information content (AvgIpc) is 3.02. The molecule has 0 aliphatic carbocycles. The van der Waals surface area contributed by atoms with Crippen LogP contribution >= 0.6 is 0 Å². The molecule has 0 heterocycles. The summed E-state index contributed by atoms with van der Waals surface area (Å²) in [7, 11) is 0. The highest BCUT2D eigenvalue weighted by Crippen LogP contribution is 2.25. The first-order chi connectivity index (χ1) is 21.4. The summed E-state index contributed by atoms with van der Waals surface area (Å²) in [5, 5.41) is 0. The summed E-state index contributed by atoms with van der Waals surface area (Å²) in [5.74, 6) is -1.26. The third-order valence-electron chi connectivity index (χ3n) is 7.72. The van der Waals surface area contributed by atoms with Gasteiger partial charge in [-0.3, -0.25) is 0 Å². The number of carbonyl (C=O) groups is 2. The molecule has 5 nitrogen and oxygen atoms in total. The van der Waals surface area contributed by atoms with E-state index in [0.29, 0.717) is 5.56 Å². The van der Waals surface area contributed by atoms with Gasteiger partial charge in [-0.15, -0.1) is 0 Å². The van der Waals surface area contributed by atoms with Crippen LogP contribution in [0, 0.1) is 5.82 Å². The van der Waals surface area contributed by atoms with Crippen LogP contribution in [0.2, 0.25) is 0 Å². The summed E-state index contributed by atoms with van der Waals surface area (Å²) in [6.07, 6.45) is 14.7. The fourth-order valence-electron chi connectivity index (χ4n) is 5.02. The zero-order chi connectivity index (χ0) is 31.6. The molecule has 44 heavy (non-hydrogen) atoms. The van der Waals surface area contributed by atoms with Crippen molar-refractivity contribution in [1.82, 2.24) is 0 Å². The molecule has 0 aliphatic rings. The number of unbranched alkanes of at least 4 members (excludes halogenated alkanes) is 10. The Morgan fingerprint density at radius 1 is 0.659 bits per heavy atom. The first-order valence-corrected chi connectivity index (χ1v) is 16.5. The molecule has 238 valence electrons. The van der Waals surface area contributed by atoms with Crippen molar-refractivity contribution in [3.8, 4) is 22.6 Å². The number of carbonyl (C=O) groups excluding carboxylic acids is 2. The van der Waals surface area contributed by atoms with Gasteiger partial charge >= 0.3 is 11.9 Å². The molecule has 3 rings (SSSR count). The zero-order valence-corrected chi connectivity index (χ0v) is 26.7. The summed E-state index contributed by atoms with van der Waals surface area (Å²) < 4.78 is 31.4. The van der Waals surface area contributed by atoms with E-state index in [4.69, 9.17) is 14.2 Å². The molecule has 1 atom stereocenters. The molecule has 3 aromatic rings. The highest BCUT2D eigenvalue weighted by Gasteiger charge is 2.18. The van der Waals surface area contributed by atoms with Crippen molar-refractivity contribution in [3.05, 3.63) is 83.7 Å². The van der Waals surface area contributed by atoms with Crippen LogP contribution < -0.4 is 9.47 Å². The Bertz CT molecular complexity index is 1270. The van der Waals surface area contributed by atoms with Gasteiger partial charge in [0.15, 0.2) is 0 Å². The highest BCUT2D eigenvalue weighted by atomic mass is 19.1. The number of esters is 2. The van der Waals surface area contributed by atoms with Crippen molar-refractivity contribution in [2.24, 2.45) is 0 Å². The smallest absolute Gasteiger partial charge is 0.343 e. The largest absolute Gasteiger partial charge is 0.494 e. The maximum absolute atomic E-state index is 14.7. The first kappa shape index (κ1) is 34.8. The molecule has 0 radical (unpaired) electrons. The van der Waals surface area contributed by atoms with Gasteiger partial charge < -0.3 is 14.2 Å². The normalized spacial score (nSPS) is 11.6. The van der Waals surface area contributed by atoms with Crippen molar-refractivity contribution in [3.63, 3.8) is 0 Å². The Balaban J connectivity index is 1.45. The molecule has 0 saturated heterocycles. The Labute approximate surface area is 263 Å². The van der Waals surface area contributed by atoms with Crippen LogP contribution in [0.25, 0.3) is 11.1 Å². The molecule has 6 heteroatoms. The summed E-state index contributed by atoms with van der Waals surface area (Å²) in [4.78, 5) is 25.2. The van der Waals surface area contributed by atoms with E-state index in [9.17, 15) is 14.0 Å². The van der Waals surface area contributed by atoms with E-state index >= 15 is 0 Å². The van der Waals surface area contributed by atoms with Gasteiger partial charge in [0.1, 0.15) is 17.3 Å². The number of benzene rings is 3. The maximum Gasteiger partial charge on any atom is 0.343 e. The molecular weight excluding hydrogens is 555 g/mol. The van der Waals surface area contributed by atoms with Crippen molar-refractivity contribution < 1.29 is 28.2 Å². The van der Waals surface area contributed by atoms with Crippen LogP contribution in [0.4, 0.5) is 4.39 Å². The minimum Gasteiger partial charge on any atom is -0.494 e. The average molecular weight is 605 g/mol. The lowest BCUT2D eigenvalue weighted by Crippen LogP contribution is -2.16. The van der Waals surface area contributed by atoms with Gasteiger partial charge in [-0.25, -0.2) is 14.0 Å². The predicted octanol–water partition coefficient (Wildman–Crippen LogP) is 10.7. The summed E-state index contributed by atoms with van der Waals surface area (Å²) in [5.41, 5.74) is 2.11. The van der Waals surface area contributed by atoms with Crippen LogP contribution in [0.15, 0.2) is 66.7 Å². The third kappa shape index (κ3) is 12.1. The topological polar surface area (TPSA) is 61.8 Å². The summed E-state index contributed by atoms with van der Waals surface area (Å²) >= 11 is 0. The number of hydrogen-bond donors (Lipinski definition) is 0. The number of hydrogen-bond acceptors (Lipinski definition) is 5. The maximum atomic E-state index is 14.7. The van der Waals surface area contributed by atoms with Gasteiger partial charge in [-0.1, -0.05) is 102 Å². The van der Waals surface area contributed by atoms with Gasteiger partial charge in [-0.05, 0) is 73.7 Å². The second-order valence-corrected chi connectivity index (χ2v) is 11.5. The predicted molar refractivity (Wildman–Crippen MR) is 175 cm³/mol. The van der Waals surface area contributed by atoms with Gasteiger partial charge in [0.2, 0.25) is 0 Å². The second-order valence-electron chi connectivity index (χ2n) is 11.5. The monoisotopic (exact) mass is 604 g/mol. The molecule has 0 N–H and O–H groups in total. The quantitative estimate of drug-likeness (QED) is 0.0729. The van der Waals surface area contributed by atoms with Crippen LogP contribution in [-0.4, -0.2) is 24.6 Å². The van der Waals surface area contributed by atoms with E-state index in [1.165, 1.54) is 69.9 Å². The molecular formula is C38H49FO5.